The molecule has 0 bridgehead atoms. The summed E-state index contributed by atoms with van der Waals surface area (Å²) in [5, 5.41) is 11.9. The van der Waals surface area contributed by atoms with Gasteiger partial charge in [0.2, 0.25) is 0 Å². The molecule has 3 heterocycles. The maximum Gasteiger partial charge on any atom is 0.586 e. The lowest BCUT2D eigenvalue weighted by Gasteiger charge is -2.18. The molecule has 1 N–H and O–H groups in total. The number of aromatic carboxylic acids is 1. The van der Waals surface area contributed by atoms with Gasteiger partial charge in [0.15, 0.2) is 17.2 Å². The number of alkyl halides is 5. The molecule has 0 radical (unpaired) electrons. The van der Waals surface area contributed by atoms with E-state index in [1.54, 1.807) is 0 Å². The molecule has 0 spiro atoms. The number of amides is 1. The van der Waals surface area contributed by atoms with E-state index in [0.29, 0.717) is 0 Å². The standard InChI is InChI=1S/C26H16ClF5N4O6/c1-35(15-4-7-19-20(9-15)42-26(31,32)41-19)23(37)14-8-16(11-33-10-14)36-18(21(27)22(34-36)25(28,29)30)12-40-17-5-2-13(3-6-17)24(38)39/h2-11H,12H2,1H3,(H,38,39). The Hall–Kier alpha value is -4.92. The fourth-order valence-electron chi connectivity index (χ4n) is 3.92. The monoisotopic (exact) mass is 610 g/mol. The van der Waals surface area contributed by atoms with Gasteiger partial charge >= 0.3 is 18.4 Å². The fraction of sp³-hybridized carbons (Fsp3) is 0.154. The van der Waals surface area contributed by atoms with Crippen molar-refractivity contribution in [1.29, 1.82) is 0 Å². The lowest BCUT2D eigenvalue weighted by molar-refractivity contribution is -0.286. The van der Waals surface area contributed by atoms with E-state index in [1.165, 1.54) is 49.5 Å². The van der Waals surface area contributed by atoms with E-state index < -0.39 is 41.7 Å². The normalized spacial score (nSPS) is 13.6. The first-order chi connectivity index (χ1) is 19.7. The Morgan fingerprint density at radius 2 is 1.74 bits per heavy atom. The molecule has 0 atom stereocenters. The molecule has 1 aliphatic rings. The number of anilines is 1. The van der Waals surface area contributed by atoms with Gasteiger partial charge in [0.25, 0.3) is 5.91 Å². The molecule has 0 saturated carbocycles. The molecule has 0 aliphatic carbocycles. The highest BCUT2D eigenvalue weighted by atomic mass is 35.5. The number of benzene rings is 2. The zero-order valence-electron chi connectivity index (χ0n) is 21.0. The third-order valence-corrected chi connectivity index (χ3v) is 6.35. The van der Waals surface area contributed by atoms with E-state index in [2.05, 4.69) is 19.6 Å². The molecule has 2 aromatic carbocycles. The van der Waals surface area contributed by atoms with Crippen molar-refractivity contribution in [3.63, 3.8) is 0 Å². The van der Waals surface area contributed by atoms with Gasteiger partial charge in [-0.1, -0.05) is 11.6 Å². The van der Waals surface area contributed by atoms with Crippen molar-refractivity contribution in [1.82, 2.24) is 14.8 Å². The zero-order chi connectivity index (χ0) is 30.4. The summed E-state index contributed by atoms with van der Waals surface area (Å²) in [5.74, 6) is -2.25. The number of rotatable bonds is 7. The smallest absolute Gasteiger partial charge is 0.487 e. The summed E-state index contributed by atoms with van der Waals surface area (Å²) in [4.78, 5) is 29.3. The molecule has 42 heavy (non-hydrogen) atoms. The lowest BCUT2D eigenvalue weighted by Crippen LogP contribution is -2.26. The van der Waals surface area contributed by atoms with Crippen LogP contribution in [-0.2, 0) is 12.8 Å². The number of pyridine rings is 1. The fourth-order valence-corrected chi connectivity index (χ4v) is 4.20. The Morgan fingerprint density at radius 1 is 1.05 bits per heavy atom. The van der Waals surface area contributed by atoms with Crippen molar-refractivity contribution >= 4 is 29.2 Å². The number of carbonyl (C=O) groups excluding carboxylic acids is 1. The average Bonchev–Trinajstić information content (AvgIpc) is 3.45. The highest BCUT2D eigenvalue weighted by molar-refractivity contribution is 6.32. The molecule has 5 rings (SSSR count). The first kappa shape index (κ1) is 28.6. The minimum Gasteiger partial charge on any atom is -0.487 e. The largest absolute Gasteiger partial charge is 0.586 e. The number of carbonyl (C=O) groups is 2. The number of nitrogens with zero attached hydrogens (tertiary/aromatic N) is 4. The van der Waals surface area contributed by atoms with E-state index >= 15 is 0 Å². The molecule has 16 heteroatoms. The zero-order valence-corrected chi connectivity index (χ0v) is 21.8. The van der Waals surface area contributed by atoms with Crippen LogP contribution in [0.4, 0.5) is 27.6 Å². The molecule has 1 amide bonds. The van der Waals surface area contributed by atoms with Crippen molar-refractivity contribution in [2.24, 2.45) is 0 Å². The second-order valence-electron chi connectivity index (χ2n) is 8.73. The SMILES string of the molecule is CN(C(=O)c1cncc(-n2nc(C(F)(F)F)c(Cl)c2COc2ccc(C(=O)O)cc2)c1)c1ccc2c(c1)OC(F)(F)O2. The molecule has 4 aromatic rings. The number of fused-ring (bicyclic) bond motifs is 1. The van der Waals surface area contributed by atoms with Crippen LogP contribution in [0, 0.1) is 0 Å². The van der Waals surface area contributed by atoms with Crippen LogP contribution in [0.5, 0.6) is 17.2 Å². The van der Waals surface area contributed by atoms with Crippen LogP contribution < -0.4 is 19.1 Å². The molecule has 0 saturated heterocycles. The maximum atomic E-state index is 13.7. The highest BCUT2D eigenvalue weighted by Crippen LogP contribution is 2.43. The van der Waals surface area contributed by atoms with Crippen molar-refractivity contribution in [2.45, 2.75) is 19.1 Å². The summed E-state index contributed by atoms with van der Waals surface area (Å²) < 4.78 is 82.9. The Labute approximate surface area is 237 Å². The average molecular weight is 611 g/mol. The van der Waals surface area contributed by atoms with Gasteiger partial charge in [0.05, 0.1) is 28.0 Å². The summed E-state index contributed by atoms with van der Waals surface area (Å²) >= 11 is 6.06. The third kappa shape index (κ3) is 5.63. The van der Waals surface area contributed by atoms with Crippen LogP contribution >= 0.6 is 11.6 Å². The summed E-state index contributed by atoms with van der Waals surface area (Å²) in [5.41, 5.74) is -1.68. The van der Waals surface area contributed by atoms with Crippen LogP contribution in [0.1, 0.15) is 32.1 Å². The van der Waals surface area contributed by atoms with Gasteiger partial charge in [-0.25, -0.2) is 9.48 Å². The maximum absolute atomic E-state index is 13.7. The number of hydrogen-bond acceptors (Lipinski definition) is 7. The Bertz CT molecular complexity index is 1690. The lowest BCUT2D eigenvalue weighted by atomic mass is 10.2. The highest BCUT2D eigenvalue weighted by Gasteiger charge is 2.43. The molecule has 1 aliphatic heterocycles. The van der Waals surface area contributed by atoms with Crippen LogP contribution in [0.3, 0.4) is 0 Å². The predicted octanol–water partition coefficient (Wildman–Crippen LogP) is 5.81. The summed E-state index contributed by atoms with van der Waals surface area (Å²) in [6, 6.07) is 10.0. The first-order valence-corrected chi connectivity index (χ1v) is 12.1. The molecular formula is C26H16ClF5N4O6. The second kappa shape index (κ2) is 10.5. The van der Waals surface area contributed by atoms with Crippen LogP contribution in [0.2, 0.25) is 5.02 Å². The van der Waals surface area contributed by atoms with E-state index in [9.17, 15) is 31.5 Å². The minimum atomic E-state index is -4.93. The number of ether oxygens (including phenoxy) is 3. The first-order valence-electron chi connectivity index (χ1n) is 11.7. The van der Waals surface area contributed by atoms with Gasteiger partial charge in [-0.2, -0.15) is 18.3 Å². The Morgan fingerprint density at radius 3 is 2.40 bits per heavy atom. The molecule has 218 valence electrons. The minimum absolute atomic E-state index is 0.0269. The second-order valence-corrected chi connectivity index (χ2v) is 9.11. The van der Waals surface area contributed by atoms with Gasteiger partial charge < -0.3 is 24.2 Å². The van der Waals surface area contributed by atoms with Gasteiger partial charge in [-0.15, -0.1) is 8.78 Å². The topological polar surface area (TPSA) is 116 Å². The van der Waals surface area contributed by atoms with E-state index in [4.69, 9.17) is 21.4 Å². The summed E-state index contributed by atoms with van der Waals surface area (Å²) in [7, 11) is 1.34. The Kier molecular flexibility index (Phi) is 7.14. The molecule has 0 unspecified atom stereocenters. The van der Waals surface area contributed by atoms with Crippen molar-refractivity contribution in [3.05, 3.63) is 88.5 Å². The molecule has 0 fully saturated rings. The van der Waals surface area contributed by atoms with Crippen LogP contribution in [-0.4, -0.2) is 45.1 Å². The van der Waals surface area contributed by atoms with Crippen molar-refractivity contribution in [3.8, 4) is 22.9 Å². The number of hydrogen-bond donors (Lipinski definition) is 1. The van der Waals surface area contributed by atoms with E-state index in [-0.39, 0.29) is 45.4 Å². The van der Waals surface area contributed by atoms with Crippen molar-refractivity contribution in [2.75, 3.05) is 11.9 Å². The number of carboxylic acid groups (broad SMARTS) is 1. The van der Waals surface area contributed by atoms with Crippen LogP contribution in [0.15, 0.2) is 60.9 Å². The van der Waals surface area contributed by atoms with Crippen LogP contribution in [0.25, 0.3) is 5.69 Å². The quantitative estimate of drug-likeness (QED) is 0.261. The number of aromatic nitrogens is 3. The number of carboxylic acids is 1. The predicted molar refractivity (Wildman–Crippen MR) is 134 cm³/mol. The Balaban J connectivity index is 1.44. The van der Waals surface area contributed by atoms with E-state index in [0.717, 1.165) is 28.0 Å². The third-order valence-electron chi connectivity index (χ3n) is 5.95. The van der Waals surface area contributed by atoms with Gasteiger partial charge in [-0.05, 0) is 42.5 Å². The van der Waals surface area contributed by atoms with Crippen molar-refractivity contribution < 1.29 is 50.9 Å². The van der Waals surface area contributed by atoms with E-state index in [1.807, 2.05) is 0 Å². The number of halogens is 6. The summed E-state index contributed by atoms with van der Waals surface area (Å²) in [6.07, 6.45) is -6.49. The van der Waals surface area contributed by atoms with Gasteiger partial charge in [0, 0.05) is 25.0 Å². The molecule has 10 nitrogen and oxygen atoms in total. The van der Waals surface area contributed by atoms with Gasteiger partial charge in [0.1, 0.15) is 18.1 Å². The van der Waals surface area contributed by atoms with Gasteiger partial charge in [-0.3, -0.25) is 9.78 Å². The summed E-state index contributed by atoms with van der Waals surface area (Å²) in [6.45, 7) is -0.520. The molecular weight excluding hydrogens is 595 g/mol. The molecule has 2 aromatic heterocycles.